The molecule has 0 fully saturated rings. The fourth-order valence-corrected chi connectivity index (χ4v) is 1.88. The van der Waals surface area contributed by atoms with Gasteiger partial charge in [-0.1, -0.05) is 15.9 Å². The lowest BCUT2D eigenvalue weighted by Crippen LogP contribution is -2.39. The van der Waals surface area contributed by atoms with Crippen LogP contribution in [0.15, 0.2) is 33.7 Å². The summed E-state index contributed by atoms with van der Waals surface area (Å²) < 4.78 is 12.0. The summed E-state index contributed by atoms with van der Waals surface area (Å²) in [6, 6.07) is 7.79. The number of nitrogens with zero attached hydrogens (tertiary/aromatic N) is 1. The van der Waals surface area contributed by atoms with Crippen molar-refractivity contribution in [2.45, 2.75) is 13.3 Å². The molecular formula is C15H25BrIN3O2. The molecule has 0 atom stereocenters. The number of rotatable bonds is 9. The van der Waals surface area contributed by atoms with Crippen LogP contribution in [0.1, 0.15) is 13.3 Å². The minimum Gasteiger partial charge on any atom is -0.492 e. The van der Waals surface area contributed by atoms with Crippen molar-refractivity contribution in [3.63, 3.8) is 0 Å². The first-order valence-electron chi connectivity index (χ1n) is 7.17. The molecule has 0 heterocycles. The number of benzene rings is 1. The summed E-state index contributed by atoms with van der Waals surface area (Å²) in [5.41, 5.74) is 0. The van der Waals surface area contributed by atoms with Gasteiger partial charge in [0.2, 0.25) is 0 Å². The molecule has 5 nitrogen and oxygen atoms in total. The number of ether oxygens (including phenoxy) is 2. The average Bonchev–Trinajstić information content (AvgIpc) is 2.51. The van der Waals surface area contributed by atoms with Gasteiger partial charge in [0.1, 0.15) is 12.4 Å². The molecule has 0 radical (unpaired) electrons. The Labute approximate surface area is 158 Å². The normalized spacial score (nSPS) is 10.8. The molecule has 0 saturated carbocycles. The predicted octanol–water partition coefficient (Wildman–Crippen LogP) is 3.04. The van der Waals surface area contributed by atoms with Gasteiger partial charge in [-0.3, -0.25) is 4.99 Å². The van der Waals surface area contributed by atoms with Gasteiger partial charge in [0.05, 0.1) is 6.54 Å². The average molecular weight is 486 g/mol. The molecule has 1 aromatic carbocycles. The van der Waals surface area contributed by atoms with Gasteiger partial charge in [0.25, 0.3) is 0 Å². The summed E-state index contributed by atoms with van der Waals surface area (Å²) in [5.74, 6) is 1.64. The van der Waals surface area contributed by atoms with E-state index in [0.717, 1.165) is 42.4 Å². The molecule has 0 saturated heterocycles. The lowest BCUT2D eigenvalue weighted by atomic mass is 10.3. The van der Waals surface area contributed by atoms with Crippen LogP contribution in [-0.2, 0) is 4.74 Å². The van der Waals surface area contributed by atoms with E-state index in [2.05, 4.69) is 31.6 Å². The van der Waals surface area contributed by atoms with Gasteiger partial charge in [0, 0.05) is 31.3 Å². The van der Waals surface area contributed by atoms with Crippen molar-refractivity contribution in [3.05, 3.63) is 28.7 Å². The van der Waals surface area contributed by atoms with Gasteiger partial charge in [-0.15, -0.1) is 24.0 Å². The van der Waals surface area contributed by atoms with Crippen LogP contribution < -0.4 is 15.4 Å². The Balaban J connectivity index is 0.00000441. The number of hydrogen-bond donors (Lipinski definition) is 2. The maximum Gasteiger partial charge on any atom is 0.191 e. The van der Waals surface area contributed by atoms with Crippen LogP contribution in [0.2, 0.25) is 0 Å². The molecule has 0 amide bonds. The Kier molecular flexibility index (Phi) is 13.7. The van der Waals surface area contributed by atoms with Crippen LogP contribution in [-0.4, -0.2) is 45.9 Å². The Morgan fingerprint density at radius 3 is 2.45 bits per heavy atom. The van der Waals surface area contributed by atoms with E-state index in [9.17, 15) is 0 Å². The van der Waals surface area contributed by atoms with E-state index in [-0.39, 0.29) is 24.0 Å². The van der Waals surface area contributed by atoms with E-state index in [1.807, 2.05) is 31.2 Å². The molecule has 1 rings (SSSR count). The molecule has 0 spiro atoms. The van der Waals surface area contributed by atoms with E-state index in [1.165, 1.54) is 0 Å². The summed E-state index contributed by atoms with van der Waals surface area (Å²) >= 11 is 3.39. The van der Waals surface area contributed by atoms with Crippen LogP contribution >= 0.6 is 39.9 Å². The maximum atomic E-state index is 5.63. The third-order valence-corrected chi connectivity index (χ3v) is 3.19. The lowest BCUT2D eigenvalue weighted by molar-refractivity contribution is 0.145. The van der Waals surface area contributed by atoms with Crippen LogP contribution in [0.5, 0.6) is 5.75 Å². The Hall–Kier alpha value is -0.540. The van der Waals surface area contributed by atoms with Crippen molar-refractivity contribution in [2.75, 3.05) is 40.0 Å². The highest BCUT2D eigenvalue weighted by Gasteiger charge is 1.97. The number of guanidine groups is 1. The first kappa shape index (κ1) is 21.5. The maximum absolute atomic E-state index is 5.63. The zero-order valence-electron chi connectivity index (χ0n) is 13.1. The molecule has 0 aromatic heterocycles. The van der Waals surface area contributed by atoms with Gasteiger partial charge in [-0.25, -0.2) is 0 Å². The van der Waals surface area contributed by atoms with E-state index in [1.54, 1.807) is 7.05 Å². The van der Waals surface area contributed by atoms with Crippen LogP contribution in [0, 0.1) is 0 Å². The Bertz CT molecular complexity index is 416. The number of halogens is 2. The minimum atomic E-state index is 0. The lowest BCUT2D eigenvalue weighted by Gasteiger charge is -2.12. The summed E-state index contributed by atoms with van der Waals surface area (Å²) in [6.07, 6.45) is 0.962. The Morgan fingerprint density at radius 2 is 1.82 bits per heavy atom. The van der Waals surface area contributed by atoms with Crippen molar-refractivity contribution in [1.29, 1.82) is 0 Å². The number of aliphatic imine (C=N–C) groups is 1. The van der Waals surface area contributed by atoms with E-state index in [4.69, 9.17) is 9.47 Å². The quantitative estimate of drug-likeness (QED) is 0.244. The Morgan fingerprint density at radius 1 is 1.14 bits per heavy atom. The fourth-order valence-electron chi connectivity index (χ4n) is 1.62. The molecule has 126 valence electrons. The van der Waals surface area contributed by atoms with E-state index in [0.29, 0.717) is 13.2 Å². The molecule has 0 aliphatic rings. The SMILES string of the molecule is CCOCCCNC(=NC)NCCOc1ccc(Br)cc1.I. The van der Waals surface area contributed by atoms with Gasteiger partial charge in [-0.05, 0) is 37.6 Å². The molecule has 0 aliphatic heterocycles. The van der Waals surface area contributed by atoms with Crippen molar-refractivity contribution in [1.82, 2.24) is 10.6 Å². The topological polar surface area (TPSA) is 54.9 Å². The summed E-state index contributed by atoms with van der Waals surface area (Å²) in [7, 11) is 1.76. The second kappa shape index (κ2) is 14.1. The summed E-state index contributed by atoms with van der Waals surface area (Å²) in [6.45, 7) is 5.66. The highest BCUT2D eigenvalue weighted by atomic mass is 127. The standard InChI is InChI=1S/C15H24BrN3O2.HI/c1-3-20-11-4-9-18-15(17-2)19-10-12-21-14-7-5-13(16)6-8-14;/h5-8H,3-4,9-12H2,1-2H3,(H2,17,18,19);1H. The smallest absolute Gasteiger partial charge is 0.191 e. The van der Waals surface area contributed by atoms with Crippen molar-refractivity contribution < 1.29 is 9.47 Å². The second-order valence-electron chi connectivity index (χ2n) is 4.28. The third kappa shape index (κ3) is 10.2. The van der Waals surface area contributed by atoms with Crippen molar-refractivity contribution in [2.24, 2.45) is 4.99 Å². The number of hydrogen-bond acceptors (Lipinski definition) is 3. The second-order valence-corrected chi connectivity index (χ2v) is 5.19. The molecule has 0 unspecified atom stereocenters. The predicted molar refractivity (Wildman–Crippen MR) is 106 cm³/mol. The summed E-state index contributed by atoms with van der Waals surface area (Å²) in [4.78, 5) is 4.15. The van der Waals surface area contributed by atoms with Crippen molar-refractivity contribution in [3.8, 4) is 5.75 Å². The molecule has 22 heavy (non-hydrogen) atoms. The largest absolute Gasteiger partial charge is 0.492 e. The van der Waals surface area contributed by atoms with Crippen molar-refractivity contribution >= 4 is 45.9 Å². The molecule has 0 bridgehead atoms. The molecule has 7 heteroatoms. The van der Waals surface area contributed by atoms with Crippen LogP contribution in [0.25, 0.3) is 0 Å². The summed E-state index contributed by atoms with van der Waals surface area (Å²) in [5, 5.41) is 6.44. The highest BCUT2D eigenvalue weighted by molar-refractivity contribution is 14.0. The molecule has 0 aliphatic carbocycles. The number of nitrogens with one attached hydrogen (secondary N) is 2. The highest BCUT2D eigenvalue weighted by Crippen LogP contribution is 2.15. The van der Waals surface area contributed by atoms with Gasteiger partial charge in [-0.2, -0.15) is 0 Å². The van der Waals surface area contributed by atoms with Gasteiger partial charge >= 0.3 is 0 Å². The third-order valence-electron chi connectivity index (χ3n) is 2.66. The van der Waals surface area contributed by atoms with Crippen LogP contribution in [0.3, 0.4) is 0 Å². The van der Waals surface area contributed by atoms with Gasteiger partial charge in [0.15, 0.2) is 5.96 Å². The first-order valence-corrected chi connectivity index (χ1v) is 7.96. The fraction of sp³-hybridized carbons (Fsp3) is 0.533. The molecule has 2 N–H and O–H groups in total. The van der Waals surface area contributed by atoms with Gasteiger partial charge < -0.3 is 20.1 Å². The zero-order chi connectivity index (χ0) is 15.3. The minimum absolute atomic E-state index is 0. The zero-order valence-corrected chi connectivity index (χ0v) is 17.0. The van der Waals surface area contributed by atoms with Crippen LogP contribution in [0.4, 0.5) is 0 Å². The van der Waals surface area contributed by atoms with E-state index >= 15 is 0 Å². The molecular weight excluding hydrogens is 461 g/mol. The monoisotopic (exact) mass is 485 g/mol. The molecule has 1 aromatic rings. The first-order chi connectivity index (χ1) is 10.3. The van der Waals surface area contributed by atoms with E-state index < -0.39 is 0 Å².